The summed E-state index contributed by atoms with van der Waals surface area (Å²) in [5.74, 6) is 0. The molecule has 0 N–H and O–H groups in total. The Hall–Kier alpha value is -0.120. The number of hydrogen-bond donors (Lipinski definition) is 0. The van der Waals surface area contributed by atoms with E-state index in [-0.39, 0.29) is 6.23 Å². The Balaban J connectivity index is 2.21. The van der Waals surface area contributed by atoms with E-state index in [0.29, 0.717) is 6.61 Å². The van der Waals surface area contributed by atoms with E-state index in [9.17, 15) is 0 Å². The van der Waals surface area contributed by atoms with Crippen LogP contribution in [0, 0.1) is 6.92 Å². The first-order chi connectivity index (χ1) is 5.34. The second-order valence-corrected chi connectivity index (χ2v) is 2.62. The fraction of sp³-hybridized carbons (Fsp3) is 0.875. The smallest absolute Gasteiger partial charge is 0.107 e. The zero-order valence-corrected chi connectivity index (χ0v) is 7.08. The maximum Gasteiger partial charge on any atom is 0.107 e. The fourth-order valence-corrected chi connectivity index (χ4v) is 1.22. The van der Waals surface area contributed by atoms with Crippen molar-refractivity contribution < 1.29 is 9.47 Å². The summed E-state index contributed by atoms with van der Waals surface area (Å²) in [6.07, 6.45) is 0.191. The molecule has 0 amide bonds. The molecule has 1 unspecified atom stereocenters. The standard InChI is InChI=1S/C8H16NO2/c1-3-11-8(2)9-4-6-10-7-5-9/h8H,1,3-7H2,2H3. The molecule has 1 saturated heterocycles. The molecule has 1 fully saturated rings. The Morgan fingerprint density at radius 1 is 1.55 bits per heavy atom. The predicted octanol–water partition coefficient (Wildman–Crippen LogP) is 0.515. The van der Waals surface area contributed by atoms with Crippen LogP contribution in [0.15, 0.2) is 0 Å². The molecule has 1 rings (SSSR count). The Bertz CT molecular complexity index is 102. The van der Waals surface area contributed by atoms with Crippen LogP contribution < -0.4 is 0 Å². The normalized spacial score (nSPS) is 23.5. The van der Waals surface area contributed by atoms with Crippen molar-refractivity contribution >= 4 is 0 Å². The highest BCUT2D eigenvalue weighted by molar-refractivity contribution is 4.63. The van der Waals surface area contributed by atoms with Crippen molar-refractivity contribution in [3.63, 3.8) is 0 Å². The summed E-state index contributed by atoms with van der Waals surface area (Å²) in [6, 6.07) is 0. The van der Waals surface area contributed by atoms with Gasteiger partial charge in [0.1, 0.15) is 6.23 Å². The first-order valence-corrected chi connectivity index (χ1v) is 4.07. The molecule has 3 nitrogen and oxygen atoms in total. The maximum absolute atomic E-state index is 5.34. The number of nitrogens with zero attached hydrogens (tertiary/aromatic N) is 1. The van der Waals surface area contributed by atoms with E-state index in [1.54, 1.807) is 0 Å². The summed E-state index contributed by atoms with van der Waals surface area (Å²) in [4.78, 5) is 2.26. The van der Waals surface area contributed by atoms with Gasteiger partial charge in [0, 0.05) is 19.7 Å². The summed E-state index contributed by atoms with van der Waals surface area (Å²) in [6.45, 7) is 9.83. The number of ether oxygens (including phenoxy) is 2. The monoisotopic (exact) mass is 158 g/mol. The van der Waals surface area contributed by atoms with Crippen LogP contribution >= 0.6 is 0 Å². The van der Waals surface area contributed by atoms with Gasteiger partial charge in [-0.1, -0.05) is 0 Å². The minimum atomic E-state index is 0.191. The van der Waals surface area contributed by atoms with Crippen molar-refractivity contribution in [2.45, 2.75) is 13.2 Å². The van der Waals surface area contributed by atoms with Crippen LogP contribution in [0.5, 0.6) is 0 Å². The Morgan fingerprint density at radius 2 is 2.18 bits per heavy atom. The fourth-order valence-electron chi connectivity index (χ4n) is 1.22. The van der Waals surface area contributed by atoms with Crippen LogP contribution in [0.4, 0.5) is 0 Å². The Morgan fingerprint density at radius 3 is 2.73 bits per heavy atom. The number of morpholine rings is 1. The molecule has 0 aromatic rings. The van der Waals surface area contributed by atoms with Crippen molar-refractivity contribution in [2.24, 2.45) is 0 Å². The zero-order valence-electron chi connectivity index (χ0n) is 7.08. The lowest BCUT2D eigenvalue weighted by atomic mass is 10.4. The van der Waals surface area contributed by atoms with Crippen molar-refractivity contribution in [3.8, 4) is 0 Å². The first kappa shape index (κ1) is 8.97. The van der Waals surface area contributed by atoms with Crippen molar-refractivity contribution in [1.82, 2.24) is 4.90 Å². The van der Waals surface area contributed by atoms with Gasteiger partial charge in [0.05, 0.1) is 13.2 Å². The molecule has 0 aromatic carbocycles. The second-order valence-electron chi connectivity index (χ2n) is 2.62. The molecule has 0 saturated carbocycles. The lowest BCUT2D eigenvalue weighted by Crippen LogP contribution is -2.43. The largest absolute Gasteiger partial charge is 0.379 e. The molecule has 3 heteroatoms. The molecular formula is C8H16NO2. The van der Waals surface area contributed by atoms with Crippen LogP contribution in [-0.2, 0) is 9.47 Å². The summed E-state index contributed by atoms with van der Waals surface area (Å²) in [5, 5.41) is 0. The molecule has 0 aliphatic carbocycles. The molecule has 1 radical (unpaired) electrons. The van der Waals surface area contributed by atoms with Gasteiger partial charge in [-0.05, 0) is 13.8 Å². The SMILES string of the molecule is [CH2]COC(C)N1CCOCC1. The van der Waals surface area contributed by atoms with Gasteiger partial charge < -0.3 is 9.47 Å². The van der Waals surface area contributed by atoms with E-state index in [4.69, 9.17) is 9.47 Å². The molecule has 1 aliphatic rings. The summed E-state index contributed by atoms with van der Waals surface area (Å²) in [5.41, 5.74) is 0. The van der Waals surface area contributed by atoms with Gasteiger partial charge >= 0.3 is 0 Å². The third-order valence-corrected chi connectivity index (χ3v) is 1.92. The molecule has 0 bridgehead atoms. The number of hydrogen-bond acceptors (Lipinski definition) is 3. The molecule has 65 valence electrons. The summed E-state index contributed by atoms with van der Waals surface area (Å²) >= 11 is 0. The highest BCUT2D eigenvalue weighted by Gasteiger charge is 2.16. The molecule has 1 aliphatic heterocycles. The molecule has 11 heavy (non-hydrogen) atoms. The van der Waals surface area contributed by atoms with Gasteiger partial charge in [-0.3, -0.25) is 4.90 Å². The van der Waals surface area contributed by atoms with Crippen LogP contribution in [0.1, 0.15) is 6.92 Å². The van der Waals surface area contributed by atoms with E-state index >= 15 is 0 Å². The molecule has 1 heterocycles. The van der Waals surface area contributed by atoms with E-state index < -0.39 is 0 Å². The maximum atomic E-state index is 5.34. The molecule has 1 atom stereocenters. The van der Waals surface area contributed by atoms with Crippen molar-refractivity contribution in [1.29, 1.82) is 0 Å². The van der Waals surface area contributed by atoms with E-state index in [1.165, 1.54) is 0 Å². The zero-order chi connectivity index (χ0) is 8.10. The van der Waals surface area contributed by atoms with Crippen LogP contribution in [0.2, 0.25) is 0 Å². The van der Waals surface area contributed by atoms with Crippen LogP contribution in [0.25, 0.3) is 0 Å². The van der Waals surface area contributed by atoms with Crippen LogP contribution in [0.3, 0.4) is 0 Å². The van der Waals surface area contributed by atoms with Gasteiger partial charge in [0.15, 0.2) is 0 Å². The lowest BCUT2D eigenvalue weighted by Gasteiger charge is -2.31. The highest BCUT2D eigenvalue weighted by atomic mass is 16.5. The molecule has 0 spiro atoms. The van der Waals surface area contributed by atoms with Gasteiger partial charge in [0.25, 0.3) is 0 Å². The Kier molecular flexibility index (Phi) is 3.83. The minimum Gasteiger partial charge on any atom is -0.379 e. The van der Waals surface area contributed by atoms with Crippen molar-refractivity contribution in [3.05, 3.63) is 6.92 Å². The summed E-state index contributed by atoms with van der Waals surface area (Å²) < 4.78 is 10.6. The van der Waals surface area contributed by atoms with E-state index in [2.05, 4.69) is 18.7 Å². The van der Waals surface area contributed by atoms with Crippen LogP contribution in [-0.4, -0.2) is 44.0 Å². The quantitative estimate of drug-likeness (QED) is 0.597. The van der Waals surface area contributed by atoms with E-state index in [0.717, 1.165) is 26.3 Å². The van der Waals surface area contributed by atoms with Gasteiger partial charge in [-0.25, -0.2) is 0 Å². The summed E-state index contributed by atoms with van der Waals surface area (Å²) in [7, 11) is 0. The van der Waals surface area contributed by atoms with Gasteiger partial charge in [0.2, 0.25) is 0 Å². The third kappa shape index (κ3) is 2.77. The predicted molar refractivity (Wildman–Crippen MR) is 43.2 cm³/mol. The topological polar surface area (TPSA) is 21.7 Å². The molecule has 0 aromatic heterocycles. The average Bonchev–Trinajstić information content (AvgIpc) is 2.07. The third-order valence-electron chi connectivity index (χ3n) is 1.92. The average molecular weight is 158 g/mol. The van der Waals surface area contributed by atoms with Crippen molar-refractivity contribution in [2.75, 3.05) is 32.9 Å². The van der Waals surface area contributed by atoms with Gasteiger partial charge in [-0.2, -0.15) is 0 Å². The molecular weight excluding hydrogens is 142 g/mol. The minimum absolute atomic E-state index is 0.191. The lowest BCUT2D eigenvalue weighted by molar-refractivity contribution is -0.0794. The Labute approximate surface area is 68.3 Å². The van der Waals surface area contributed by atoms with E-state index in [1.807, 2.05) is 0 Å². The van der Waals surface area contributed by atoms with Gasteiger partial charge in [-0.15, -0.1) is 0 Å². The second kappa shape index (κ2) is 4.70. The number of rotatable bonds is 3. The first-order valence-electron chi connectivity index (χ1n) is 4.07. The highest BCUT2D eigenvalue weighted by Crippen LogP contribution is 2.03.